The van der Waals surface area contributed by atoms with E-state index in [1.807, 2.05) is 34.6 Å². The van der Waals surface area contributed by atoms with E-state index in [1.54, 1.807) is 12.1 Å². The van der Waals surface area contributed by atoms with Crippen LogP contribution in [0.2, 0.25) is 0 Å². The average molecular weight is 306 g/mol. The minimum absolute atomic E-state index is 0.0472. The molecule has 0 radical (unpaired) electrons. The number of nitro benzene ring substituents is 1. The van der Waals surface area contributed by atoms with Gasteiger partial charge in [-0.15, -0.1) is 0 Å². The second-order valence-electron chi connectivity index (χ2n) is 7.40. The predicted octanol–water partition coefficient (Wildman–Crippen LogP) is 3.78. The summed E-state index contributed by atoms with van der Waals surface area (Å²) in [6, 6.07) is 4.46. The van der Waals surface area contributed by atoms with Gasteiger partial charge in [0.2, 0.25) is 0 Å². The van der Waals surface area contributed by atoms with E-state index in [-0.39, 0.29) is 17.1 Å². The van der Waals surface area contributed by atoms with Gasteiger partial charge in [0.15, 0.2) is 0 Å². The molecule has 1 atom stereocenters. The fourth-order valence-electron chi connectivity index (χ4n) is 3.34. The smallest absolute Gasteiger partial charge is 0.408 e. The van der Waals surface area contributed by atoms with Crippen molar-refractivity contribution in [2.24, 2.45) is 5.41 Å². The highest BCUT2D eigenvalue weighted by Crippen LogP contribution is 2.44. The third kappa shape index (κ3) is 2.53. The van der Waals surface area contributed by atoms with Gasteiger partial charge < -0.3 is 5.11 Å². The second-order valence-corrected chi connectivity index (χ2v) is 7.40. The molecular formula is C16H22N2O4. The number of carboxylic acid groups (broad SMARTS) is 1. The molecule has 0 spiro atoms. The number of carbonyl (C=O) groups is 1. The molecule has 6 heteroatoms. The van der Waals surface area contributed by atoms with E-state index in [2.05, 4.69) is 0 Å². The lowest BCUT2D eigenvalue weighted by molar-refractivity contribution is -0.385. The topological polar surface area (TPSA) is 83.7 Å². The number of amides is 1. The lowest BCUT2D eigenvalue weighted by Crippen LogP contribution is -2.59. The maximum atomic E-state index is 11.8. The molecule has 0 aliphatic carbocycles. The van der Waals surface area contributed by atoms with Crippen molar-refractivity contribution in [1.82, 2.24) is 4.90 Å². The summed E-state index contributed by atoms with van der Waals surface area (Å²) >= 11 is 0. The fourth-order valence-corrected chi connectivity index (χ4v) is 3.34. The highest BCUT2D eigenvalue weighted by Gasteiger charge is 2.47. The quantitative estimate of drug-likeness (QED) is 0.632. The summed E-state index contributed by atoms with van der Waals surface area (Å²) in [7, 11) is 0. The summed E-state index contributed by atoms with van der Waals surface area (Å²) in [6.07, 6.45) is -0.482. The zero-order chi connectivity index (χ0) is 16.9. The summed E-state index contributed by atoms with van der Waals surface area (Å²) in [4.78, 5) is 23.9. The maximum Gasteiger partial charge on any atom is 0.408 e. The van der Waals surface area contributed by atoms with Crippen LogP contribution >= 0.6 is 0 Å². The number of nitro groups is 1. The maximum absolute atomic E-state index is 11.8. The molecule has 1 unspecified atom stereocenters. The van der Waals surface area contributed by atoms with E-state index in [4.69, 9.17) is 0 Å². The molecule has 1 aliphatic heterocycles. The summed E-state index contributed by atoms with van der Waals surface area (Å²) in [5.41, 5.74) is 0.744. The van der Waals surface area contributed by atoms with Gasteiger partial charge in [0, 0.05) is 18.2 Å². The normalized spacial score (nSPS) is 20.4. The first kappa shape index (κ1) is 16.3. The Morgan fingerprint density at radius 3 is 2.45 bits per heavy atom. The van der Waals surface area contributed by atoms with Crippen molar-refractivity contribution in [3.63, 3.8) is 0 Å². The Hall–Kier alpha value is -2.11. The Kier molecular flexibility index (Phi) is 3.67. The third-order valence-corrected chi connectivity index (χ3v) is 4.49. The van der Waals surface area contributed by atoms with Crippen molar-refractivity contribution in [3.05, 3.63) is 39.4 Å². The standard InChI is InChI=1S/C16H22N2O4/c1-15(2,3)13-9-10-8-11(18(21)22)6-7-12(10)16(4,5)17(13)14(19)20/h6-8,13H,9H2,1-5H3,(H,19,20). The Morgan fingerprint density at radius 2 is 2.00 bits per heavy atom. The molecule has 0 aromatic heterocycles. The van der Waals surface area contributed by atoms with Gasteiger partial charge in [-0.2, -0.15) is 0 Å². The van der Waals surface area contributed by atoms with Crippen LogP contribution in [0.4, 0.5) is 10.5 Å². The van der Waals surface area contributed by atoms with Crippen LogP contribution < -0.4 is 0 Å². The molecule has 1 amide bonds. The number of non-ortho nitro benzene ring substituents is 1. The van der Waals surface area contributed by atoms with Crippen molar-refractivity contribution < 1.29 is 14.8 Å². The van der Waals surface area contributed by atoms with Crippen LogP contribution in [0.1, 0.15) is 45.7 Å². The van der Waals surface area contributed by atoms with Gasteiger partial charge in [-0.3, -0.25) is 15.0 Å². The monoisotopic (exact) mass is 306 g/mol. The second kappa shape index (κ2) is 4.97. The van der Waals surface area contributed by atoms with E-state index < -0.39 is 16.6 Å². The minimum Gasteiger partial charge on any atom is -0.465 e. The Bertz CT molecular complexity index is 632. The minimum atomic E-state index is -0.964. The molecule has 1 aliphatic rings. The SMILES string of the molecule is CC(C)(C)C1Cc2cc([N+](=O)[O-])ccc2C(C)(C)N1C(=O)O. The average Bonchev–Trinajstić information content (AvgIpc) is 2.35. The van der Waals surface area contributed by atoms with E-state index >= 15 is 0 Å². The lowest BCUT2D eigenvalue weighted by atomic mass is 9.73. The molecule has 1 heterocycles. The van der Waals surface area contributed by atoms with Gasteiger partial charge in [-0.1, -0.05) is 20.8 Å². The largest absolute Gasteiger partial charge is 0.465 e. The molecule has 2 rings (SSSR count). The number of nitrogens with zero attached hydrogens (tertiary/aromatic N) is 2. The summed E-state index contributed by atoms with van der Waals surface area (Å²) in [5.74, 6) is 0. The predicted molar refractivity (Wildman–Crippen MR) is 82.9 cm³/mol. The van der Waals surface area contributed by atoms with Crippen LogP contribution in [0.15, 0.2) is 18.2 Å². The number of fused-ring (bicyclic) bond motifs is 1. The molecular weight excluding hydrogens is 284 g/mol. The summed E-state index contributed by atoms with van der Waals surface area (Å²) in [6.45, 7) is 9.68. The molecule has 1 N–H and O–H groups in total. The first-order valence-corrected chi connectivity index (χ1v) is 7.26. The Balaban J connectivity index is 2.64. The molecule has 120 valence electrons. The highest BCUT2D eigenvalue weighted by molar-refractivity contribution is 5.68. The zero-order valence-corrected chi connectivity index (χ0v) is 13.6. The van der Waals surface area contributed by atoms with Crippen LogP contribution in [-0.2, 0) is 12.0 Å². The van der Waals surface area contributed by atoms with Gasteiger partial charge >= 0.3 is 6.09 Å². The Labute approximate surface area is 129 Å². The number of rotatable bonds is 1. The number of hydrogen-bond acceptors (Lipinski definition) is 3. The van der Waals surface area contributed by atoms with Crippen molar-refractivity contribution in [2.45, 2.75) is 52.6 Å². The summed E-state index contributed by atoms with van der Waals surface area (Å²) < 4.78 is 0. The first-order valence-electron chi connectivity index (χ1n) is 7.26. The Morgan fingerprint density at radius 1 is 1.41 bits per heavy atom. The van der Waals surface area contributed by atoms with Crippen LogP contribution in [0.5, 0.6) is 0 Å². The fraction of sp³-hybridized carbons (Fsp3) is 0.562. The van der Waals surface area contributed by atoms with Crippen molar-refractivity contribution >= 4 is 11.8 Å². The molecule has 0 saturated heterocycles. The van der Waals surface area contributed by atoms with Crippen molar-refractivity contribution in [3.8, 4) is 0 Å². The molecule has 1 aromatic rings. The molecule has 0 saturated carbocycles. The van der Waals surface area contributed by atoms with Gasteiger partial charge in [-0.05, 0) is 42.9 Å². The van der Waals surface area contributed by atoms with Crippen LogP contribution in [0.25, 0.3) is 0 Å². The van der Waals surface area contributed by atoms with Crippen LogP contribution in [0, 0.1) is 15.5 Å². The molecule has 22 heavy (non-hydrogen) atoms. The number of hydrogen-bond donors (Lipinski definition) is 1. The summed E-state index contributed by atoms with van der Waals surface area (Å²) in [5, 5.41) is 20.7. The highest BCUT2D eigenvalue weighted by atomic mass is 16.6. The van der Waals surface area contributed by atoms with E-state index in [0.29, 0.717) is 6.42 Å². The third-order valence-electron chi connectivity index (χ3n) is 4.49. The van der Waals surface area contributed by atoms with Crippen LogP contribution in [0.3, 0.4) is 0 Å². The molecule has 0 fully saturated rings. The van der Waals surface area contributed by atoms with Gasteiger partial charge in [0.05, 0.1) is 10.5 Å². The van der Waals surface area contributed by atoms with Gasteiger partial charge in [0.25, 0.3) is 5.69 Å². The van der Waals surface area contributed by atoms with Gasteiger partial charge in [-0.25, -0.2) is 4.79 Å². The van der Waals surface area contributed by atoms with Crippen molar-refractivity contribution in [2.75, 3.05) is 0 Å². The zero-order valence-electron chi connectivity index (χ0n) is 13.6. The molecule has 6 nitrogen and oxygen atoms in total. The van der Waals surface area contributed by atoms with E-state index in [9.17, 15) is 20.0 Å². The molecule has 0 bridgehead atoms. The van der Waals surface area contributed by atoms with E-state index in [1.165, 1.54) is 11.0 Å². The van der Waals surface area contributed by atoms with E-state index in [0.717, 1.165) is 11.1 Å². The first-order chi connectivity index (χ1) is 9.96. The lowest BCUT2D eigenvalue weighted by Gasteiger charge is -2.51. The van der Waals surface area contributed by atoms with Gasteiger partial charge in [0.1, 0.15) is 0 Å². The number of benzene rings is 1. The van der Waals surface area contributed by atoms with Crippen LogP contribution in [-0.4, -0.2) is 27.1 Å². The van der Waals surface area contributed by atoms with Crippen molar-refractivity contribution in [1.29, 1.82) is 0 Å². The molecule has 1 aromatic carbocycles.